The summed E-state index contributed by atoms with van der Waals surface area (Å²) in [6, 6.07) is 0. The molecule has 0 atom stereocenters. The van der Waals surface area contributed by atoms with E-state index in [2.05, 4.69) is 20.6 Å². The molecule has 0 bridgehead atoms. The molecule has 1 aromatic rings. The van der Waals surface area contributed by atoms with Crippen LogP contribution in [0, 0.1) is 0 Å². The molecule has 2 amide bonds. The number of rotatable bonds is 5. The number of amides is 2. The highest BCUT2D eigenvalue weighted by atomic mass is 16.6. The Labute approximate surface area is 130 Å². The highest BCUT2D eigenvalue weighted by molar-refractivity contribution is 5.88. The first-order valence-electron chi connectivity index (χ1n) is 6.95. The number of hydrogen-bond donors (Lipinski definition) is 2. The number of carbonyl (C=O) groups is 2. The predicted molar refractivity (Wildman–Crippen MR) is 83.7 cm³/mol. The summed E-state index contributed by atoms with van der Waals surface area (Å²) in [5, 5.41) is 5.57. The van der Waals surface area contributed by atoms with Crippen molar-refractivity contribution in [3.8, 4) is 0 Å². The van der Waals surface area contributed by atoms with E-state index in [0.717, 1.165) is 0 Å². The van der Waals surface area contributed by atoms with Crippen molar-refractivity contribution in [3.63, 3.8) is 0 Å². The van der Waals surface area contributed by atoms with Gasteiger partial charge in [0, 0.05) is 27.1 Å². The minimum Gasteiger partial charge on any atom is -0.444 e. The Kier molecular flexibility index (Phi) is 6.09. The fourth-order valence-electron chi connectivity index (χ4n) is 1.45. The van der Waals surface area contributed by atoms with Gasteiger partial charge >= 0.3 is 6.09 Å². The number of carbonyl (C=O) groups excluding carboxylic acids is 2. The van der Waals surface area contributed by atoms with E-state index >= 15 is 0 Å². The molecule has 2 N–H and O–H groups in total. The van der Waals surface area contributed by atoms with Crippen LogP contribution in [0.3, 0.4) is 0 Å². The Morgan fingerprint density at radius 2 is 1.86 bits per heavy atom. The van der Waals surface area contributed by atoms with Gasteiger partial charge in [0.05, 0.1) is 18.1 Å². The van der Waals surface area contributed by atoms with E-state index < -0.39 is 5.60 Å². The first-order chi connectivity index (χ1) is 10.2. The summed E-state index contributed by atoms with van der Waals surface area (Å²) >= 11 is 0. The maximum Gasteiger partial charge on any atom is 0.410 e. The van der Waals surface area contributed by atoms with E-state index in [1.807, 2.05) is 20.8 Å². The number of likely N-dealkylation sites (N-methyl/N-ethyl adjacent to an activating group) is 1. The van der Waals surface area contributed by atoms with Gasteiger partial charge in [0.1, 0.15) is 5.60 Å². The van der Waals surface area contributed by atoms with Crippen molar-refractivity contribution in [2.24, 2.45) is 0 Å². The molecule has 0 aliphatic heterocycles. The van der Waals surface area contributed by atoms with Gasteiger partial charge in [0.15, 0.2) is 0 Å². The van der Waals surface area contributed by atoms with E-state index in [4.69, 9.17) is 4.74 Å². The van der Waals surface area contributed by atoms with Gasteiger partial charge in [-0.2, -0.15) is 0 Å². The lowest BCUT2D eigenvalue weighted by molar-refractivity contribution is -0.114. The molecule has 0 aliphatic rings. The van der Waals surface area contributed by atoms with E-state index in [-0.39, 0.29) is 12.0 Å². The average molecular weight is 309 g/mol. The Hall–Kier alpha value is -2.38. The number of nitrogens with zero attached hydrogens (tertiary/aromatic N) is 3. The third-order valence-corrected chi connectivity index (χ3v) is 2.41. The fraction of sp³-hybridized carbons (Fsp3) is 0.571. The smallest absolute Gasteiger partial charge is 0.410 e. The van der Waals surface area contributed by atoms with Gasteiger partial charge < -0.3 is 20.3 Å². The topological polar surface area (TPSA) is 96.5 Å². The van der Waals surface area contributed by atoms with Crippen LogP contribution in [0.5, 0.6) is 0 Å². The second-order valence-corrected chi connectivity index (χ2v) is 5.81. The van der Waals surface area contributed by atoms with Gasteiger partial charge in [0.25, 0.3) is 0 Å². The van der Waals surface area contributed by atoms with E-state index in [1.165, 1.54) is 24.2 Å². The largest absolute Gasteiger partial charge is 0.444 e. The number of hydrogen-bond acceptors (Lipinski definition) is 6. The summed E-state index contributed by atoms with van der Waals surface area (Å²) in [5.41, 5.74) is 0.0189. The average Bonchev–Trinajstić information content (AvgIpc) is 2.38. The van der Waals surface area contributed by atoms with Crippen LogP contribution in [0.2, 0.25) is 0 Å². The molecule has 0 radical (unpaired) electrons. The predicted octanol–water partition coefficient (Wildman–Crippen LogP) is 1.71. The summed E-state index contributed by atoms with van der Waals surface area (Å²) in [6.45, 7) is 7.81. The zero-order chi connectivity index (χ0) is 16.8. The standard InChI is InChI=1S/C14H23N5O3/c1-10(20)18-11-8-16-12(17-9-11)15-6-7-19(5)13(21)22-14(2,3)4/h8-9H,6-7H2,1-5H3,(H,18,20)(H,15,16,17). The van der Waals surface area contributed by atoms with E-state index in [1.54, 1.807) is 7.05 Å². The number of aromatic nitrogens is 2. The lowest BCUT2D eigenvalue weighted by Crippen LogP contribution is -2.36. The summed E-state index contributed by atoms with van der Waals surface area (Å²) < 4.78 is 5.24. The molecule has 0 aromatic carbocycles. The zero-order valence-corrected chi connectivity index (χ0v) is 13.6. The molecule has 1 rings (SSSR count). The van der Waals surface area contributed by atoms with Crippen molar-refractivity contribution in [1.82, 2.24) is 14.9 Å². The van der Waals surface area contributed by atoms with Crippen molar-refractivity contribution in [2.45, 2.75) is 33.3 Å². The molecule has 1 heterocycles. The van der Waals surface area contributed by atoms with Crippen molar-refractivity contribution in [1.29, 1.82) is 0 Å². The monoisotopic (exact) mass is 309 g/mol. The number of anilines is 2. The van der Waals surface area contributed by atoms with Crippen LogP contribution in [-0.2, 0) is 9.53 Å². The first kappa shape index (κ1) is 17.7. The Morgan fingerprint density at radius 1 is 1.27 bits per heavy atom. The quantitative estimate of drug-likeness (QED) is 0.859. The molecule has 0 spiro atoms. The SMILES string of the molecule is CC(=O)Nc1cnc(NCCN(C)C(=O)OC(C)(C)C)nc1. The Bertz CT molecular complexity index is 510. The number of ether oxygens (including phenoxy) is 1. The van der Waals surface area contributed by atoms with Crippen LogP contribution in [0.4, 0.5) is 16.4 Å². The normalized spacial score (nSPS) is 10.8. The molecule has 8 nitrogen and oxygen atoms in total. The van der Waals surface area contributed by atoms with Crippen LogP contribution in [0.1, 0.15) is 27.7 Å². The summed E-state index contributed by atoms with van der Waals surface area (Å²) in [5.74, 6) is 0.245. The molecule has 0 fully saturated rings. The zero-order valence-electron chi connectivity index (χ0n) is 13.6. The van der Waals surface area contributed by atoms with Gasteiger partial charge in [-0.15, -0.1) is 0 Å². The summed E-state index contributed by atoms with van der Waals surface area (Å²) in [7, 11) is 1.66. The molecule has 0 saturated heterocycles. The molecule has 8 heteroatoms. The molecular weight excluding hydrogens is 286 g/mol. The highest BCUT2D eigenvalue weighted by Crippen LogP contribution is 2.09. The van der Waals surface area contributed by atoms with Crippen molar-refractivity contribution < 1.29 is 14.3 Å². The van der Waals surface area contributed by atoms with Crippen LogP contribution in [-0.4, -0.2) is 52.6 Å². The first-order valence-corrected chi connectivity index (χ1v) is 6.95. The summed E-state index contributed by atoms with van der Waals surface area (Å²) in [4.78, 5) is 32.2. The molecular formula is C14H23N5O3. The minimum atomic E-state index is -0.512. The lowest BCUT2D eigenvalue weighted by atomic mass is 10.2. The number of nitrogens with one attached hydrogen (secondary N) is 2. The fourth-order valence-corrected chi connectivity index (χ4v) is 1.45. The minimum absolute atomic E-state index is 0.178. The molecule has 1 aromatic heterocycles. The van der Waals surface area contributed by atoms with E-state index in [0.29, 0.717) is 24.7 Å². The van der Waals surface area contributed by atoms with Crippen molar-refractivity contribution in [3.05, 3.63) is 12.4 Å². The maximum absolute atomic E-state index is 11.8. The molecule has 0 unspecified atom stereocenters. The molecule has 22 heavy (non-hydrogen) atoms. The van der Waals surface area contributed by atoms with Crippen molar-refractivity contribution >= 4 is 23.6 Å². The lowest BCUT2D eigenvalue weighted by Gasteiger charge is -2.24. The maximum atomic E-state index is 11.8. The Balaban J connectivity index is 2.37. The van der Waals surface area contributed by atoms with Gasteiger partial charge in [-0.25, -0.2) is 14.8 Å². The van der Waals surface area contributed by atoms with Gasteiger partial charge in [-0.3, -0.25) is 4.79 Å². The van der Waals surface area contributed by atoms with Crippen molar-refractivity contribution in [2.75, 3.05) is 30.8 Å². The molecule has 0 aliphatic carbocycles. The van der Waals surface area contributed by atoms with Gasteiger partial charge in [-0.1, -0.05) is 0 Å². The Morgan fingerprint density at radius 3 is 2.36 bits per heavy atom. The molecule has 122 valence electrons. The highest BCUT2D eigenvalue weighted by Gasteiger charge is 2.19. The van der Waals surface area contributed by atoms with Gasteiger partial charge in [0.2, 0.25) is 11.9 Å². The van der Waals surface area contributed by atoms with Crippen LogP contribution in [0.25, 0.3) is 0 Å². The van der Waals surface area contributed by atoms with Crippen LogP contribution < -0.4 is 10.6 Å². The second-order valence-electron chi connectivity index (χ2n) is 5.81. The van der Waals surface area contributed by atoms with Crippen LogP contribution >= 0.6 is 0 Å². The summed E-state index contributed by atoms with van der Waals surface area (Å²) in [6.07, 6.45) is 2.64. The van der Waals surface area contributed by atoms with Crippen LogP contribution in [0.15, 0.2) is 12.4 Å². The third kappa shape index (κ3) is 6.87. The molecule has 0 saturated carbocycles. The second kappa shape index (κ2) is 7.58. The van der Waals surface area contributed by atoms with Gasteiger partial charge in [-0.05, 0) is 20.8 Å². The van der Waals surface area contributed by atoms with E-state index in [9.17, 15) is 9.59 Å². The third-order valence-electron chi connectivity index (χ3n) is 2.41.